The fraction of sp³-hybridized carbons (Fsp3) is 0.571. The normalized spacial score (nSPS) is 12.0. The van der Waals surface area contributed by atoms with Gasteiger partial charge in [0.25, 0.3) is 0 Å². The van der Waals surface area contributed by atoms with Crippen molar-refractivity contribution in [2.45, 2.75) is 46.6 Å². The summed E-state index contributed by atoms with van der Waals surface area (Å²) in [5, 5.41) is 2.75. The number of rotatable bonds is 5. The molecular weight excluding hydrogens is 306 g/mol. The first-order valence-electron chi connectivity index (χ1n) is 6.98. The quantitative estimate of drug-likeness (QED) is 0.659. The zero-order chi connectivity index (χ0) is 16.8. The molecule has 0 saturated carbocycles. The molecule has 0 aliphatic carbocycles. The Labute approximate surface area is 133 Å². The average Bonchev–Trinajstić information content (AvgIpc) is 2.81. The monoisotopic (exact) mass is 327 g/mol. The van der Waals surface area contributed by atoms with E-state index < -0.39 is 17.7 Å². The van der Waals surface area contributed by atoms with Crippen LogP contribution in [0, 0.1) is 0 Å². The SMILES string of the molecule is CCC=C(C(=O)OCC)c1nsc(NC(=O)OC(C)(C)C)n1. The summed E-state index contributed by atoms with van der Waals surface area (Å²) in [6.07, 6.45) is 1.71. The molecule has 0 saturated heterocycles. The molecule has 122 valence electrons. The van der Waals surface area contributed by atoms with E-state index in [1.807, 2.05) is 6.92 Å². The lowest BCUT2D eigenvalue weighted by molar-refractivity contribution is -0.136. The van der Waals surface area contributed by atoms with Crippen molar-refractivity contribution in [1.29, 1.82) is 0 Å². The van der Waals surface area contributed by atoms with Crippen LogP contribution in [-0.4, -0.2) is 33.6 Å². The van der Waals surface area contributed by atoms with E-state index in [-0.39, 0.29) is 23.1 Å². The largest absolute Gasteiger partial charge is 0.462 e. The Hall–Kier alpha value is -1.96. The number of ether oxygens (including phenoxy) is 2. The van der Waals surface area contributed by atoms with Crippen molar-refractivity contribution < 1.29 is 19.1 Å². The molecule has 1 amide bonds. The Morgan fingerprint density at radius 3 is 2.55 bits per heavy atom. The third-order valence-corrected chi connectivity index (χ3v) is 2.81. The molecule has 0 radical (unpaired) electrons. The summed E-state index contributed by atoms with van der Waals surface area (Å²) in [7, 11) is 0. The van der Waals surface area contributed by atoms with Crippen LogP contribution in [0.2, 0.25) is 0 Å². The second-order valence-corrected chi connectivity index (χ2v) is 6.05. The predicted molar refractivity (Wildman–Crippen MR) is 84.7 cm³/mol. The first kappa shape index (κ1) is 18.1. The Morgan fingerprint density at radius 1 is 1.32 bits per heavy atom. The molecule has 0 bridgehead atoms. The standard InChI is InChI=1S/C14H21N3O4S/c1-6-8-9(11(18)20-7-2)10-15-12(22-17-10)16-13(19)21-14(3,4)5/h8H,6-7H2,1-5H3,(H,15,16,17,19). The van der Waals surface area contributed by atoms with Crippen molar-refractivity contribution in [3.63, 3.8) is 0 Å². The average molecular weight is 327 g/mol. The van der Waals surface area contributed by atoms with Gasteiger partial charge in [0.2, 0.25) is 5.13 Å². The number of anilines is 1. The van der Waals surface area contributed by atoms with Crippen molar-refractivity contribution in [2.75, 3.05) is 11.9 Å². The molecule has 8 heteroatoms. The van der Waals surface area contributed by atoms with Gasteiger partial charge in [-0.3, -0.25) is 5.32 Å². The Bertz CT molecular complexity index is 561. The number of carbonyl (C=O) groups excluding carboxylic acids is 2. The number of esters is 1. The third-order valence-electron chi connectivity index (χ3n) is 2.18. The van der Waals surface area contributed by atoms with Gasteiger partial charge in [-0.15, -0.1) is 0 Å². The number of carbonyl (C=O) groups is 2. The number of aromatic nitrogens is 2. The molecule has 0 aliphatic heterocycles. The predicted octanol–water partition coefficient (Wildman–Crippen LogP) is 3.24. The van der Waals surface area contributed by atoms with Crippen molar-refractivity contribution in [2.24, 2.45) is 0 Å². The van der Waals surface area contributed by atoms with Crippen LogP contribution in [-0.2, 0) is 14.3 Å². The highest BCUT2D eigenvalue weighted by molar-refractivity contribution is 7.10. The van der Waals surface area contributed by atoms with Gasteiger partial charge in [0.05, 0.1) is 6.61 Å². The molecule has 0 fully saturated rings. The Balaban J connectivity index is 2.83. The van der Waals surface area contributed by atoms with E-state index in [4.69, 9.17) is 9.47 Å². The van der Waals surface area contributed by atoms with Crippen molar-refractivity contribution in [1.82, 2.24) is 9.36 Å². The molecule has 7 nitrogen and oxygen atoms in total. The number of hydrogen-bond donors (Lipinski definition) is 1. The van der Waals surface area contributed by atoms with E-state index in [2.05, 4.69) is 14.7 Å². The fourth-order valence-electron chi connectivity index (χ4n) is 1.45. The Morgan fingerprint density at radius 2 is 2.00 bits per heavy atom. The smallest absolute Gasteiger partial charge is 0.414 e. The zero-order valence-electron chi connectivity index (χ0n) is 13.4. The first-order chi connectivity index (χ1) is 10.3. The molecule has 1 rings (SSSR count). The molecular formula is C14H21N3O4S. The number of allylic oxidation sites excluding steroid dienone is 1. The number of nitrogens with one attached hydrogen (secondary N) is 1. The molecule has 1 aromatic heterocycles. The second-order valence-electron chi connectivity index (χ2n) is 5.30. The van der Waals surface area contributed by atoms with Crippen LogP contribution in [0.1, 0.15) is 46.9 Å². The molecule has 22 heavy (non-hydrogen) atoms. The van der Waals surface area contributed by atoms with E-state index in [0.29, 0.717) is 6.42 Å². The minimum atomic E-state index is -0.618. The molecule has 1 N–H and O–H groups in total. The highest BCUT2D eigenvalue weighted by Crippen LogP contribution is 2.20. The van der Waals surface area contributed by atoms with Crippen LogP contribution in [0.5, 0.6) is 0 Å². The fourth-order valence-corrected chi connectivity index (χ4v) is 2.02. The van der Waals surface area contributed by atoms with Crippen molar-refractivity contribution >= 4 is 34.3 Å². The molecule has 0 atom stereocenters. The lowest BCUT2D eigenvalue weighted by atomic mass is 10.2. The highest BCUT2D eigenvalue weighted by Gasteiger charge is 2.20. The Kier molecular flexibility index (Phi) is 6.48. The summed E-state index contributed by atoms with van der Waals surface area (Å²) in [4.78, 5) is 27.7. The van der Waals surface area contributed by atoms with Crippen LogP contribution in [0.4, 0.5) is 9.93 Å². The summed E-state index contributed by atoms with van der Waals surface area (Å²) >= 11 is 0.972. The molecule has 0 aliphatic rings. The number of hydrogen-bond acceptors (Lipinski definition) is 7. The van der Waals surface area contributed by atoms with Gasteiger partial charge in [-0.2, -0.15) is 9.36 Å². The lowest BCUT2D eigenvalue weighted by Crippen LogP contribution is -2.27. The summed E-state index contributed by atoms with van der Waals surface area (Å²) < 4.78 is 14.2. The van der Waals surface area contributed by atoms with Gasteiger partial charge in [-0.25, -0.2) is 9.59 Å². The lowest BCUT2D eigenvalue weighted by Gasteiger charge is -2.18. The molecule has 1 aromatic rings. The van der Waals surface area contributed by atoms with Gasteiger partial charge in [0, 0.05) is 11.5 Å². The topological polar surface area (TPSA) is 90.4 Å². The first-order valence-corrected chi connectivity index (χ1v) is 7.75. The van der Waals surface area contributed by atoms with Gasteiger partial charge in [0.1, 0.15) is 11.2 Å². The van der Waals surface area contributed by atoms with E-state index in [9.17, 15) is 9.59 Å². The van der Waals surface area contributed by atoms with Crippen molar-refractivity contribution in [3.05, 3.63) is 11.9 Å². The van der Waals surface area contributed by atoms with Crippen LogP contribution < -0.4 is 5.32 Å². The van der Waals surface area contributed by atoms with Gasteiger partial charge in [-0.1, -0.05) is 13.0 Å². The van der Waals surface area contributed by atoms with Crippen LogP contribution in [0.3, 0.4) is 0 Å². The van der Waals surface area contributed by atoms with E-state index in [1.165, 1.54) is 0 Å². The maximum absolute atomic E-state index is 11.9. The van der Waals surface area contributed by atoms with Gasteiger partial charge < -0.3 is 9.47 Å². The molecule has 0 aromatic carbocycles. The van der Waals surface area contributed by atoms with Crippen molar-refractivity contribution in [3.8, 4) is 0 Å². The number of nitrogens with zero attached hydrogens (tertiary/aromatic N) is 2. The van der Waals surface area contributed by atoms with E-state index in [0.717, 1.165) is 11.5 Å². The summed E-state index contributed by atoms with van der Waals surface area (Å²) in [5.74, 6) is -0.248. The van der Waals surface area contributed by atoms with Gasteiger partial charge >= 0.3 is 12.1 Å². The zero-order valence-corrected chi connectivity index (χ0v) is 14.2. The molecule has 0 spiro atoms. The van der Waals surface area contributed by atoms with Crippen LogP contribution >= 0.6 is 11.5 Å². The summed E-state index contributed by atoms with van der Waals surface area (Å²) in [5.41, 5.74) is -0.312. The molecule has 1 heterocycles. The molecule has 0 unspecified atom stereocenters. The van der Waals surface area contributed by atoms with E-state index >= 15 is 0 Å². The van der Waals surface area contributed by atoms with Gasteiger partial charge in [0.15, 0.2) is 5.82 Å². The highest BCUT2D eigenvalue weighted by atomic mass is 32.1. The minimum Gasteiger partial charge on any atom is -0.462 e. The summed E-state index contributed by atoms with van der Waals surface area (Å²) in [6.45, 7) is 9.19. The van der Waals surface area contributed by atoms with E-state index in [1.54, 1.807) is 33.8 Å². The maximum Gasteiger partial charge on any atom is 0.414 e. The maximum atomic E-state index is 11.9. The van der Waals surface area contributed by atoms with Crippen LogP contribution in [0.25, 0.3) is 5.57 Å². The summed E-state index contributed by atoms with van der Waals surface area (Å²) in [6, 6.07) is 0. The second kappa shape index (κ2) is 7.88. The number of amides is 1. The minimum absolute atomic E-state index is 0.233. The van der Waals surface area contributed by atoms with Gasteiger partial charge in [-0.05, 0) is 34.1 Å². The van der Waals surface area contributed by atoms with Crippen LogP contribution in [0.15, 0.2) is 6.08 Å². The third kappa shape index (κ3) is 5.80.